The highest BCUT2D eigenvalue weighted by Gasteiger charge is 2.19. The molecule has 174 valence electrons. The monoisotopic (exact) mass is 459 g/mol. The maximum Gasteiger partial charge on any atom is 0.252 e. The molecule has 0 fully saturated rings. The zero-order valence-corrected chi connectivity index (χ0v) is 19.2. The Morgan fingerprint density at radius 1 is 1.03 bits per heavy atom. The fraction of sp³-hybridized carbons (Fsp3) is 0.192. The Bertz CT molecular complexity index is 1360. The zero-order valence-electron chi connectivity index (χ0n) is 19.2. The van der Waals surface area contributed by atoms with Crippen molar-refractivity contribution in [1.82, 2.24) is 14.9 Å². The van der Waals surface area contributed by atoms with Crippen LogP contribution in [0.5, 0.6) is 0 Å². The molecule has 0 saturated carbocycles. The van der Waals surface area contributed by atoms with Crippen molar-refractivity contribution in [2.24, 2.45) is 5.73 Å². The number of anilines is 1. The number of primary amides is 1. The molecule has 7 nitrogen and oxygen atoms in total. The van der Waals surface area contributed by atoms with Crippen molar-refractivity contribution in [2.45, 2.75) is 32.9 Å². The smallest absolute Gasteiger partial charge is 0.252 e. The van der Waals surface area contributed by atoms with Crippen molar-refractivity contribution in [1.29, 1.82) is 0 Å². The summed E-state index contributed by atoms with van der Waals surface area (Å²) in [5.74, 6) is -1.11. The molecule has 0 aliphatic heterocycles. The Kier molecular flexibility index (Phi) is 6.32. The Hall–Kier alpha value is -4.20. The van der Waals surface area contributed by atoms with Crippen molar-refractivity contribution < 1.29 is 14.0 Å². The van der Waals surface area contributed by atoms with E-state index in [4.69, 9.17) is 5.73 Å². The molecule has 0 saturated heterocycles. The molecular weight excluding hydrogens is 433 g/mol. The summed E-state index contributed by atoms with van der Waals surface area (Å²) in [7, 11) is 0. The van der Waals surface area contributed by atoms with Gasteiger partial charge in [-0.25, -0.2) is 8.91 Å². The van der Waals surface area contributed by atoms with Gasteiger partial charge < -0.3 is 16.4 Å². The maximum atomic E-state index is 14.3. The molecule has 34 heavy (non-hydrogen) atoms. The van der Waals surface area contributed by atoms with E-state index in [0.29, 0.717) is 22.3 Å². The molecule has 1 atom stereocenters. The second-order valence-electron chi connectivity index (χ2n) is 8.45. The molecule has 2 amide bonds. The molecule has 2 aromatic heterocycles. The highest BCUT2D eigenvalue weighted by Crippen LogP contribution is 2.31. The van der Waals surface area contributed by atoms with Crippen LogP contribution in [0.25, 0.3) is 16.6 Å². The first kappa shape index (κ1) is 23.0. The van der Waals surface area contributed by atoms with Crippen LogP contribution in [-0.4, -0.2) is 27.5 Å². The number of benzene rings is 2. The van der Waals surface area contributed by atoms with Crippen LogP contribution in [0.4, 0.5) is 10.1 Å². The molecule has 0 spiro atoms. The second kappa shape index (κ2) is 9.35. The van der Waals surface area contributed by atoms with Gasteiger partial charge in [0, 0.05) is 28.9 Å². The van der Waals surface area contributed by atoms with E-state index in [2.05, 4.69) is 15.7 Å². The highest BCUT2D eigenvalue weighted by molar-refractivity contribution is 6.02. The number of rotatable bonds is 7. The van der Waals surface area contributed by atoms with Gasteiger partial charge in [-0.05, 0) is 50.6 Å². The van der Waals surface area contributed by atoms with Crippen molar-refractivity contribution in [3.05, 3.63) is 89.5 Å². The minimum atomic E-state index is -0.637. The van der Waals surface area contributed by atoms with E-state index in [0.717, 1.165) is 11.1 Å². The summed E-state index contributed by atoms with van der Waals surface area (Å²) in [6, 6.07) is 15.2. The van der Waals surface area contributed by atoms with Gasteiger partial charge in [-0.3, -0.25) is 9.59 Å². The largest absolute Gasteiger partial charge is 0.376 e. The Morgan fingerprint density at radius 3 is 2.38 bits per heavy atom. The van der Waals surface area contributed by atoms with E-state index >= 15 is 0 Å². The van der Waals surface area contributed by atoms with Gasteiger partial charge in [0.2, 0.25) is 0 Å². The van der Waals surface area contributed by atoms with Gasteiger partial charge in [-0.1, -0.05) is 30.3 Å². The third kappa shape index (κ3) is 4.61. The van der Waals surface area contributed by atoms with Gasteiger partial charge in [-0.15, -0.1) is 0 Å². The summed E-state index contributed by atoms with van der Waals surface area (Å²) in [4.78, 5) is 24.4. The predicted molar refractivity (Wildman–Crippen MR) is 130 cm³/mol. The van der Waals surface area contributed by atoms with Gasteiger partial charge >= 0.3 is 0 Å². The van der Waals surface area contributed by atoms with Crippen LogP contribution in [0.1, 0.15) is 53.1 Å². The van der Waals surface area contributed by atoms with Crippen molar-refractivity contribution in [3.8, 4) is 11.1 Å². The molecule has 4 rings (SSSR count). The standard InChI is InChI=1S/C26H26FN5O2/c1-15(2)30-26(34)18-10-8-17(9-11-18)19-12-23-24(21(25(28)33)13-29-32(23)14-19)31-16(3)20-6-4-5-7-22(20)27/h4-16,31H,1-3H3,(H2,28,33)(H,30,34). The lowest BCUT2D eigenvalue weighted by atomic mass is 10.0. The number of halogens is 1. The van der Waals surface area contributed by atoms with E-state index in [9.17, 15) is 14.0 Å². The molecule has 8 heteroatoms. The SMILES string of the molecule is CC(C)NC(=O)c1ccc(-c2cc3c(NC(C)c4ccccc4F)c(C(N)=O)cnn3c2)cc1. The number of nitrogens with zero attached hydrogens (tertiary/aromatic N) is 2. The van der Waals surface area contributed by atoms with E-state index in [-0.39, 0.29) is 23.3 Å². The van der Waals surface area contributed by atoms with Gasteiger partial charge in [0.15, 0.2) is 0 Å². The number of hydrogen-bond acceptors (Lipinski definition) is 4. The number of carbonyl (C=O) groups excluding carboxylic acids is 2. The van der Waals surface area contributed by atoms with Crippen LogP contribution >= 0.6 is 0 Å². The Labute approximate surface area is 196 Å². The van der Waals surface area contributed by atoms with Crippen LogP contribution < -0.4 is 16.4 Å². The molecule has 0 aliphatic rings. The van der Waals surface area contributed by atoms with Crippen molar-refractivity contribution >= 4 is 23.0 Å². The lowest BCUT2D eigenvalue weighted by Gasteiger charge is -2.19. The normalized spacial score (nSPS) is 12.0. The molecule has 0 bridgehead atoms. The number of aromatic nitrogens is 2. The van der Waals surface area contributed by atoms with Crippen molar-refractivity contribution in [2.75, 3.05) is 5.32 Å². The van der Waals surface area contributed by atoms with Gasteiger partial charge in [-0.2, -0.15) is 5.10 Å². The number of nitrogens with one attached hydrogen (secondary N) is 2. The Morgan fingerprint density at radius 2 is 1.74 bits per heavy atom. The number of carbonyl (C=O) groups is 2. The molecule has 4 N–H and O–H groups in total. The first-order valence-electron chi connectivity index (χ1n) is 11.0. The average molecular weight is 460 g/mol. The van der Waals surface area contributed by atoms with Crippen LogP contribution in [0.3, 0.4) is 0 Å². The lowest BCUT2D eigenvalue weighted by Crippen LogP contribution is -2.29. The minimum Gasteiger partial charge on any atom is -0.376 e. The van der Waals surface area contributed by atoms with E-state index in [1.165, 1.54) is 12.3 Å². The van der Waals surface area contributed by atoms with Gasteiger partial charge in [0.05, 0.1) is 29.0 Å². The van der Waals surface area contributed by atoms with Crippen LogP contribution in [0.15, 0.2) is 67.0 Å². The van der Waals surface area contributed by atoms with E-state index in [1.54, 1.807) is 34.8 Å². The van der Waals surface area contributed by atoms with E-state index < -0.39 is 11.9 Å². The molecule has 2 aromatic carbocycles. The fourth-order valence-corrected chi connectivity index (χ4v) is 3.83. The van der Waals surface area contributed by atoms with Gasteiger partial charge in [0.25, 0.3) is 11.8 Å². The Balaban J connectivity index is 1.72. The molecule has 0 aliphatic carbocycles. The maximum absolute atomic E-state index is 14.3. The number of amides is 2. The predicted octanol–water partition coefficient (Wildman–Crippen LogP) is 4.55. The third-order valence-corrected chi connectivity index (χ3v) is 5.54. The van der Waals surface area contributed by atoms with Crippen LogP contribution in [0.2, 0.25) is 0 Å². The molecule has 0 radical (unpaired) electrons. The molecule has 2 heterocycles. The molecule has 1 unspecified atom stereocenters. The summed E-state index contributed by atoms with van der Waals surface area (Å²) in [6.07, 6.45) is 3.22. The van der Waals surface area contributed by atoms with Gasteiger partial charge in [0.1, 0.15) is 5.82 Å². The summed E-state index contributed by atoms with van der Waals surface area (Å²) >= 11 is 0. The summed E-state index contributed by atoms with van der Waals surface area (Å²) < 4.78 is 16.0. The van der Waals surface area contributed by atoms with Crippen molar-refractivity contribution in [3.63, 3.8) is 0 Å². The summed E-state index contributed by atoms with van der Waals surface area (Å²) in [5, 5.41) is 10.4. The topological polar surface area (TPSA) is 102 Å². The summed E-state index contributed by atoms with van der Waals surface area (Å²) in [6.45, 7) is 5.63. The fourth-order valence-electron chi connectivity index (χ4n) is 3.83. The first-order chi connectivity index (χ1) is 16.2. The van der Waals surface area contributed by atoms with Crippen LogP contribution in [-0.2, 0) is 0 Å². The summed E-state index contributed by atoms with van der Waals surface area (Å²) in [5.41, 5.74) is 9.66. The number of fused-ring (bicyclic) bond motifs is 1. The minimum absolute atomic E-state index is 0.0483. The lowest BCUT2D eigenvalue weighted by molar-refractivity contribution is 0.0942. The zero-order chi connectivity index (χ0) is 24.4. The second-order valence-corrected chi connectivity index (χ2v) is 8.45. The number of nitrogens with two attached hydrogens (primary N) is 1. The van der Waals surface area contributed by atoms with E-state index in [1.807, 2.05) is 45.2 Å². The average Bonchev–Trinajstić information content (AvgIpc) is 3.24. The highest BCUT2D eigenvalue weighted by atomic mass is 19.1. The number of hydrogen-bond donors (Lipinski definition) is 3. The third-order valence-electron chi connectivity index (χ3n) is 5.54. The first-order valence-corrected chi connectivity index (χ1v) is 11.0. The van der Waals surface area contributed by atoms with Crippen LogP contribution in [0, 0.1) is 5.82 Å². The quantitative estimate of drug-likeness (QED) is 0.377. The molecular formula is C26H26FN5O2. The molecule has 4 aromatic rings.